The Balaban J connectivity index is 1.88. The Bertz CT molecular complexity index is 388. The first-order chi connectivity index (χ1) is 9.99. The number of ether oxygens (including phenoxy) is 1. The highest BCUT2D eigenvalue weighted by Crippen LogP contribution is 2.22. The summed E-state index contributed by atoms with van der Waals surface area (Å²) < 4.78 is 5.61. The van der Waals surface area contributed by atoms with Gasteiger partial charge in [0.2, 0.25) is 0 Å². The lowest BCUT2D eigenvalue weighted by molar-refractivity contribution is -0.143. The lowest BCUT2D eigenvalue weighted by Crippen LogP contribution is -2.53. The van der Waals surface area contributed by atoms with E-state index in [2.05, 4.69) is 12.2 Å². The van der Waals surface area contributed by atoms with E-state index in [1.54, 1.807) is 4.90 Å². The number of urea groups is 1. The number of nitrogens with zero attached hydrogens (tertiary/aromatic N) is 1. The number of carboxylic acids is 1. The van der Waals surface area contributed by atoms with E-state index in [1.807, 2.05) is 6.92 Å². The molecule has 2 saturated heterocycles. The summed E-state index contributed by atoms with van der Waals surface area (Å²) in [5.74, 6) is -1.03. The highest BCUT2D eigenvalue weighted by molar-refractivity contribution is 5.76. The Morgan fingerprint density at radius 1 is 1.33 bits per heavy atom. The number of hydrogen-bond donors (Lipinski definition) is 2. The topological polar surface area (TPSA) is 78.9 Å². The van der Waals surface area contributed by atoms with Gasteiger partial charge in [0.1, 0.15) is 0 Å². The summed E-state index contributed by atoms with van der Waals surface area (Å²) in [5, 5.41) is 12.2. The van der Waals surface area contributed by atoms with E-state index in [0.29, 0.717) is 26.1 Å². The molecule has 0 saturated carbocycles. The molecule has 21 heavy (non-hydrogen) atoms. The summed E-state index contributed by atoms with van der Waals surface area (Å²) >= 11 is 0. The molecule has 2 heterocycles. The van der Waals surface area contributed by atoms with Crippen molar-refractivity contribution in [1.82, 2.24) is 10.2 Å². The van der Waals surface area contributed by atoms with Crippen LogP contribution < -0.4 is 5.32 Å². The Hall–Kier alpha value is -1.30. The molecule has 0 aromatic carbocycles. The van der Waals surface area contributed by atoms with Gasteiger partial charge in [0, 0.05) is 25.7 Å². The first-order valence-electron chi connectivity index (χ1n) is 7.89. The summed E-state index contributed by atoms with van der Waals surface area (Å²) in [5.41, 5.74) is 0. The smallest absolute Gasteiger partial charge is 0.317 e. The third-order valence-electron chi connectivity index (χ3n) is 4.45. The molecule has 2 amide bonds. The minimum absolute atomic E-state index is 0.130. The zero-order valence-corrected chi connectivity index (χ0v) is 12.9. The van der Waals surface area contributed by atoms with Crippen LogP contribution in [0.2, 0.25) is 0 Å². The molecule has 0 aromatic heterocycles. The number of aliphatic carboxylic acids is 1. The predicted molar refractivity (Wildman–Crippen MR) is 78.1 cm³/mol. The highest BCUT2D eigenvalue weighted by Gasteiger charge is 2.33. The van der Waals surface area contributed by atoms with Gasteiger partial charge in [0.05, 0.1) is 12.0 Å². The van der Waals surface area contributed by atoms with Gasteiger partial charge in [0.25, 0.3) is 0 Å². The van der Waals surface area contributed by atoms with Crippen molar-refractivity contribution in [2.45, 2.75) is 51.7 Å². The van der Waals surface area contributed by atoms with Gasteiger partial charge in [-0.25, -0.2) is 4.79 Å². The van der Waals surface area contributed by atoms with Crippen molar-refractivity contribution in [2.24, 2.45) is 11.8 Å². The van der Waals surface area contributed by atoms with Gasteiger partial charge in [-0.05, 0) is 31.6 Å². The summed E-state index contributed by atoms with van der Waals surface area (Å²) in [4.78, 5) is 25.2. The minimum atomic E-state index is -0.809. The first kappa shape index (κ1) is 16.1. The fourth-order valence-electron chi connectivity index (χ4n) is 3.26. The second-order valence-corrected chi connectivity index (χ2v) is 6.35. The molecule has 4 unspecified atom stereocenters. The van der Waals surface area contributed by atoms with Gasteiger partial charge in [-0.1, -0.05) is 13.8 Å². The molecule has 0 spiro atoms. The Kier molecular flexibility index (Phi) is 5.45. The molecule has 6 heteroatoms. The molecule has 4 atom stereocenters. The van der Waals surface area contributed by atoms with Crippen LogP contribution in [0.4, 0.5) is 4.79 Å². The lowest BCUT2D eigenvalue weighted by Gasteiger charge is -2.37. The van der Waals surface area contributed by atoms with Crippen molar-refractivity contribution in [2.75, 3.05) is 19.7 Å². The number of rotatable bonds is 3. The summed E-state index contributed by atoms with van der Waals surface area (Å²) in [6.07, 6.45) is 3.49. The van der Waals surface area contributed by atoms with Crippen LogP contribution in [0.15, 0.2) is 0 Å². The molecule has 2 N–H and O–H groups in total. The number of nitrogens with one attached hydrogen (secondary N) is 1. The average molecular weight is 298 g/mol. The van der Waals surface area contributed by atoms with Gasteiger partial charge >= 0.3 is 12.0 Å². The number of carbonyl (C=O) groups excluding carboxylic acids is 1. The van der Waals surface area contributed by atoms with Crippen LogP contribution in [0.25, 0.3) is 0 Å². The maximum Gasteiger partial charge on any atom is 0.317 e. The van der Waals surface area contributed by atoms with E-state index in [9.17, 15) is 9.59 Å². The maximum atomic E-state index is 12.4. The largest absolute Gasteiger partial charge is 0.481 e. The standard InChI is InChI=1S/C15H26N2O4/c1-3-13-7-12(4-5-21-13)16-15(20)17-8-10(2)6-11(9-17)14(18)19/h10-13H,3-9H2,1-2H3,(H,16,20)(H,18,19). The zero-order valence-electron chi connectivity index (χ0n) is 12.9. The molecule has 0 aliphatic carbocycles. The van der Waals surface area contributed by atoms with E-state index in [1.165, 1.54) is 0 Å². The lowest BCUT2D eigenvalue weighted by atomic mass is 9.91. The molecule has 2 fully saturated rings. The van der Waals surface area contributed by atoms with Crippen molar-refractivity contribution in [1.29, 1.82) is 0 Å². The van der Waals surface area contributed by atoms with Gasteiger partial charge in [-0.2, -0.15) is 0 Å². The molecule has 0 radical (unpaired) electrons. The van der Waals surface area contributed by atoms with Crippen molar-refractivity contribution >= 4 is 12.0 Å². The fraction of sp³-hybridized carbons (Fsp3) is 0.867. The van der Waals surface area contributed by atoms with Crippen molar-refractivity contribution in [3.63, 3.8) is 0 Å². The quantitative estimate of drug-likeness (QED) is 0.831. The maximum absolute atomic E-state index is 12.4. The Labute approximate surface area is 125 Å². The molecule has 2 rings (SSSR count). The van der Waals surface area contributed by atoms with Crippen LogP contribution in [0.1, 0.15) is 39.5 Å². The molecule has 0 aromatic rings. The van der Waals surface area contributed by atoms with Crippen molar-refractivity contribution in [3.8, 4) is 0 Å². The second-order valence-electron chi connectivity index (χ2n) is 6.35. The molecule has 0 bridgehead atoms. The number of carbonyl (C=O) groups is 2. The number of carboxylic acid groups (broad SMARTS) is 1. The van der Waals surface area contributed by atoms with E-state index in [-0.39, 0.29) is 24.1 Å². The van der Waals surface area contributed by atoms with E-state index in [4.69, 9.17) is 9.84 Å². The SMILES string of the molecule is CCC1CC(NC(=O)N2CC(C)CC(C(=O)O)C2)CCO1. The monoisotopic (exact) mass is 298 g/mol. The second kappa shape index (κ2) is 7.11. The van der Waals surface area contributed by atoms with E-state index < -0.39 is 11.9 Å². The van der Waals surface area contributed by atoms with E-state index in [0.717, 1.165) is 19.3 Å². The van der Waals surface area contributed by atoms with Crippen LogP contribution in [-0.2, 0) is 9.53 Å². The van der Waals surface area contributed by atoms with Crippen molar-refractivity contribution in [3.05, 3.63) is 0 Å². The summed E-state index contributed by atoms with van der Waals surface area (Å²) in [6.45, 7) is 5.70. The van der Waals surface area contributed by atoms with Gasteiger partial charge in [-0.15, -0.1) is 0 Å². The van der Waals surface area contributed by atoms with Crippen LogP contribution in [-0.4, -0.2) is 53.8 Å². The number of amides is 2. The third kappa shape index (κ3) is 4.33. The average Bonchev–Trinajstić information content (AvgIpc) is 2.46. The number of likely N-dealkylation sites (tertiary alicyclic amines) is 1. The van der Waals surface area contributed by atoms with Gasteiger partial charge < -0.3 is 20.1 Å². The Morgan fingerprint density at radius 2 is 2.10 bits per heavy atom. The van der Waals surface area contributed by atoms with E-state index >= 15 is 0 Å². The van der Waals surface area contributed by atoms with Crippen LogP contribution in [0, 0.1) is 11.8 Å². The molecule has 2 aliphatic rings. The number of piperidine rings is 1. The normalized spacial score (nSPS) is 33.5. The fourth-order valence-corrected chi connectivity index (χ4v) is 3.26. The van der Waals surface area contributed by atoms with Gasteiger partial charge in [0.15, 0.2) is 0 Å². The summed E-state index contributed by atoms with van der Waals surface area (Å²) in [6, 6.07) is 0.00580. The minimum Gasteiger partial charge on any atom is -0.481 e. The van der Waals surface area contributed by atoms with Crippen LogP contribution in [0.5, 0.6) is 0 Å². The summed E-state index contributed by atoms with van der Waals surface area (Å²) in [7, 11) is 0. The zero-order chi connectivity index (χ0) is 15.4. The predicted octanol–water partition coefficient (Wildman–Crippen LogP) is 1.70. The molecule has 6 nitrogen and oxygen atoms in total. The molecular formula is C15H26N2O4. The molecule has 2 aliphatic heterocycles. The first-order valence-corrected chi connectivity index (χ1v) is 7.89. The molecule has 120 valence electrons. The van der Waals surface area contributed by atoms with Crippen LogP contribution in [0.3, 0.4) is 0 Å². The third-order valence-corrected chi connectivity index (χ3v) is 4.45. The van der Waals surface area contributed by atoms with Crippen molar-refractivity contribution < 1.29 is 19.4 Å². The molecular weight excluding hydrogens is 272 g/mol. The van der Waals surface area contributed by atoms with Gasteiger partial charge in [-0.3, -0.25) is 4.79 Å². The Morgan fingerprint density at radius 3 is 2.76 bits per heavy atom. The number of hydrogen-bond acceptors (Lipinski definition) is 3. The van der Waals surface area contributed by atoms with Crippen LogP contribution >= 0.6 is 0 Å². The highest BCUT2D eigenvalue weighted by atomic mass is 16.5.